The van der Waals surface area contributed by atoms with E-state index in [4.69, 9.17) is 0 Å². The molecule has 0 aliphatic carbocycles. The van der Waals surface area contributed by atoms with E-state index in [0.29, 0.717) is 78.5 Å². The third-order valence-electron chi connectivity index (χ3n) is 18.3. The highest BCUT2D eigenvalue weighted by atomic mass is 19.4. The SMILES string of the molecule is CC1(C)C(=O)N(c2ncccn2)c2cccc(-c3ccc(C(F)(F)F)c(C(=O)Nc4ccccn4)c3)c21.Cc1ccc(NC(=O)c2cc(-c3cccc4c3C(C)(C)C(=O)N4c3ccncn3)cnc2C(F)(F)F)cc1.Cc1ccc(NC(=O)c2cc(-c3cccc4c3[nH]c(=O)n4-c3ncccn3)ccc2C(F)(F)F)cc1. The third kappa shape index (κ3) is 15.1. The van der Waals surface area contributed by atoms with Crippen molar-refractivity contribution >= 4 is 80.9 Å². The summed E-state index contributed by atoms with van der Waals surface area (Å²) in [6.07, 6.45) is -2.98. The van der Waals surface area contributed by atoms with Crippen LogP contribution in [0.1, 0.15) is 97.8 Å². The largest absolute Gasteiger partial charge is 0.434 e. The van der Waals surface area contributed by atoms with Crippen LogP contribution >= 0.6 is 0 Å². The molecule has 0 fully saturated rings. The second kappa shape index (κ2) is 29.7. The van der Waals surface area contributed by atoms with Gasteiger partial charge in [0.1, 0.15) is 18.0 Å². The Balaban J connectivity index is 0.000000146. The third-order valence-corrected chi connectivity index (χ3v) is 18.3. The van der Waals surface area contributed by atoms with Gasteiger partial charge in [-0.25, -0.2) is 49.1 Å². The zero-order valence-electron chi connectivity index (χ0n) is 59.2. The van der Waals surface area contributed by atoms with Gasteiger partial charge in [-0.15, -0.1) is 0 Å². The Labute approximate surface area is 625 Å². The quantitative estimate of drug-likeness (QED) is 0.0829. The molecule has 5 amide bonds. The lowest BCUT2D eigenvalue weighted by Crippen LogP contribution is -2.34. The number of carbonyl (C=O) groups excluding carboxylic acids is 5. The molecule has 0 bridgehead atoms. The van der Waals surface area contributed by atoms with Crippen molar-refractivity contribution in [3.63, 3.8) is 0 Å². The second-order valence-electron chi connectivity index (χ2n) is 26.5. The predicted octanol–water partition coefficient (Wildman–Crippen LogP) is 17.2. The van der Waals surface area contributed by atoms with E-state index >= 15 is 0 Å². The van der Waals surface area contributed by atoms with Crippen molar-refractivity contribution in [1.82, 2.24) is 49.4 Å². The predicted molar refractivity (Wildman–Crippen MR) is 396 cm³/mol. The maximum absolute atomic E-state index is 13.9. The first-order valence-corrected chi connectivity index (χ1v) is 33.8. The first-order chi connectivity index (χ1) is 52.8. The molecule has 4 N–H and O–H groups in total. The average Bonchev–Trinajstić information content (AvgIpc) is 1.58. The molecular weight excluding hydrogens is 1450 g/mol. The Morgan fingerprint density at radius 1 is 0.432 bits per heavy atom. The van der Waals surface area contributed by atoms with E-state index < -0.39 is 86.3 Å². The van der Waals surface area contributed by atoms with Crippen molar-refractivity contribution in [3.8, 4) is 39.3 Å². The van der Waals surface area contributed by atoms with Crippen LogP contribution in [0.4, 0.5) is 79.8 Å². The van der Waals surface area contributed by atoms with Crippen molar-refractivity contribution in [1.29, 1.82) is 0 Å². The number of carbonyl (C=O) groups is 5. The molecule has 0 spiro atoms. The van der Waals surface area contributed by atoms with Crippen LogP contribution in [0, 0.1) is 13.8 Å². The minimum atomic E-state index is -4.85. The standard InChI is InChI=1S/C28H22F3N5O2.C27H20F3N5O2.C26H18F3N5O2/c1-16-7-9-18(10-8-16)35-25(37)20-13-17(14-33-24(20)28(29,30)31)19-5-4-6-21-23(19)27(2,3)26(38)36(21)22-11-12-32-15-34-22;1-26(2)22-17(7-5-8-20(22)35(24(26)37)25-32-13-6-14-33-25)16-10-11-19(27(28,29)30)18(15-16)23(36)34-21-9-3-4-12-31-21;1-15-6-9-17(10-7-15)32-23(35)19-14-16(8-11-20(19)26(27,28)29)18-4-2-5-21-22(18)33-25(36)34(21)24-30-12-3-13-31-24/h4-15H,1-3H3,(H,35,37);3-15H,1-2H3,(H,31,34,36);2-14H,1H3,(H,32,35)(H,33,36). The fourth-order valence-electron chi connectivity index (χ4n) is 13.1. The maximum Gasteiger partial charge on any atom is 0.434 e. The zero-order chi connectivity index (χ0) is 79.1. The molecule has 0 saturated carbocycles. The number of nitrogens with one attached hydrogen (secondary N) is 4. The number of imidazole rings is 1. The normalized spacial score (nSPS) is 13.5. The van der Waals surface area contributed by atoms with Gasteiger partial charge in [-0.05, 0) is 178 Å². The summed E-state index contributed by atoms with van der Waals surface area (Å²) in [6.45, 7) is 10.7. The number of aromatic nitrogens is 10. The Bertz CT molecular complexity index is 5830. The molecule has 0 unspecified atom stereocenters. The number of hydrogen-bond donors (Lipinski definition) is 4. The van der Waals surface area contributed by atoms with Gasteiger partial charge in [0.05, 0.1) is 61.1 Å². The highest BCUT2D eigenvalue weighted by Crippen LogP contribution is 2.52. The molecular formula is C81H60F9N15O6. The highest BCUT2D eigenvalue weighted by Gasteiger charge is 2.49. The average molecular weight is 1510 g/mol. The summed E-state index contributed by atoms with van der Waals surface area (Å²) in [5, 5.41) is 7.48. The van der Waals surface area contributed by atoms with Gasteiger partial charge >= 0.3 is 24.2 Å². The molecule has 21 nitrogen and oxygen atoms in total. The molecule has 2 aliphatic rings. The fraction of sp³-hybridized carbons (Fsp3) is 0.136. The van der Waals surface area contributed by atoms with Gasteiger partial charge in [0, 0.05) is 65.9 Å². The lowest BCUT2D eigenvalue weighted by molar-refractivity contribution is -0.141. The molecule has 0 atom stereocenters. The highest BCUT2D eigenvalue weighted by molar-refractivity contribution is 6.15. The van der Waals surface area contributed by atoms with Crippen LogP contribution in [0.3, 0.4) is 0 Å². The van der Waals surface area contributed by atoms with Crippen LogP contribution in [0.2, 0.25) is 0 Å². The molecule has 30 heteroatoms. The number of anilines is 7. The molecule has 15 rings (SSSR count). The Morgan fingerprint density at radius 2 is 0.910 bits per heavy atom. The van der Waals surface area contributed by atoms with Gasteiger partial charge < -0.3 is 20.9 Å². The van der Waals surface area contributed by atoms with Crippen LogP contribution in [-0.2, 0) is 38.9 Å². The van der Waals surface area contributed by atoms with Crippen molar-refractivity contribution in [2.24, 2.45) is 0 Å². The van der Waals surface area contributed by atoms with E-state index in [1.54, 1.807) is 161 Å². The minimum absolute atomic E-state index is 0.122. The maximum atomic E-state index is 13.9. The molecule has 7 aromatic carbocycles. The van der Waals surface area contributed by atoms with E-state index in [-0.39, 0.29) is 35.1 Å². The lowest BCUT2D eigenvalue weighted by Gasteiger charge is -2.20. The Kier molecular flexibility index (Phi) is 20.1. The molecule has 0 saturated heterocycles. The molecule has 6 aromatic heterocycles. The molecule has 558 valence electrons. The number of alkyl halides is 9. The summed E-state index contributed by atoms with van der Waals surface area (Å²) < 4.78 is 126. The molecule has 111 heavy (non-hydrogen) atoms. The Morgan fingerprint density at radius 3 is 1.43 bits per heavy atom. The summed E-state index contributed by atoms with van der Waals surface area (Å²) in [7, 11) is 0. The number of H-pyrrole nitrogens is 1. The van der Waals surface area contributed by atoms with Crippen molar-refractivity contribution in [2.75, 3.05) is 25.8 Å². The second-order valence-corrected chi connectivity index (χ2v) is 26.5. The summed E-state index contributed by atoms with van der Waals surface area (Å²) in [5.74, 6) is -2.48. The number of amides is 5. The number of hydrogen-bond acceptors (Lipinski definition) is 14. The first-order valence-electron chi connectivity index (χ1n) is 33.8. The summed E-state index contributed by atoms with van der Waals surface area (Å²) in [6, 6.07) is 46.1. The number of para-hydroxylation sites is 1. The molecule has 13 aromatic rings. The number of benzene rings is 7. The minimum Gasteiger partial charge on any atom is -0.322 e. The van der Waals surface area contributed by atoms with Gasteiger partial charge in [-0.3, -0.25) is 33.9 Å². The number of fused-ring (bicyclic) bond motifs is 3. The number of rotatable bonds is 12. The fourth-order valence-corrected chi connectivity index (χ4v) is 13.1. The lowest BCUT2D eigenvalue weighted by atomic mass is 9.81. The Hall–Kier alpha value is -13.9. The zero-order valence-corrected chi connectivity index (χ0v) is 59.2. The number of aryl methyl sites for hydroxylation is 2. The van der Waals surface area contributed by atoms with Crippen molar-refractivity contribution < 1.29 is 63.5 Å². The number of pyridine rings is 2. The van der Waals surface area contributed by atoms with E-state index in [9.17, 15) is 68.3 Å². The van der Waals surface area contributed by atoms with E-state index in [1.807, 2.05) is 13.8 Å². The first kappa shape index (κ1) is 75.3. The molecule has 8 heterocycles. The van der Waals surface area contributed by atoms with E-state index in [0.717, 1.165) is 29.5 Å². The summed E-state index contributed by atoms with van der Waals surface area (Å²) >= 11 is 0. The smallest absolute Gasteiger partial charge is 0.322 e. The van der Waals surface area contributed by atoms with Gasteiger partial charge in [0.15, 0.2) is 5.69 Å². The summed E-state index contributed by atoms with van der Waals surface area (Å²) in [4.78, 5) is 117. The van der Waals surface area contributed by atoms with Crippen LogP contribution in [0.15, 0.2) is 236 Å². The monoisotopic (exact) mass is 1510 g/mol. The van der Waals surface area contributed by atoms with Gasteiger partial charge in [-0.1, -0.05) is 90.0 Å². The topological polar surface area (TPSA) is 269 Å². The van der Waals surface area contributed by atoms with Crippen LogP contribution < -0.4 is 31.4 Å². The number of aromatic amines is 1. The van der Waals surface area contributed by atoms with Gasteiger partial charge in [-0.2, -0.15) is 39.5 Å². The van der Waals surface area contributed by atoms with Crippen LogP contribution in [-0.4, -0.2) is 79.0 Å². The summed E-state index contributed by atoms with van der Waals surface area (Å²) in [5.41, 5.74) is 0.357. The van der Waals surface area contributed by atoms with Gasteiger partial charge in [0.2, 0.25) is 23.7 Å². The van der Waals surface area contributed by atoms with E-state index in [2.05, 4.69) is 60.8 Å². The van der Waals surface area contributed by atoms with E-state index in [1.165, 1.54) is 94.3 Å². The number of nitrogens with zero attached hydrogens (tertiary/aromatic N) is 11. The van der Waals surface area contributed by atoms with Crippen molar-refractivity contribution in [2.45, 2.75) is 70.9 Å². The van der Waals surface area contributed by atoms with Gasteiger partial charge in [0.25, 0.3) is 17.7 Å². The molecule has 0 radical (unpaired) electrons. The van der Waals surface area contributed by atoms with Crippen molar-refractivity contribution in [3.05, 3.63) is 298 Å². The van der Waals surface area contributed by atoms with Crippen LogP contribution in [0.25, 0.3) is 50.4 Å². The molecule has 2 aliphatic heterocycles. The number of halogens is 9. The van der Waals surface area contributed by atoms with Crippen LogP contribution in [0.5, 0.6) is 0 Å².